The van der Waals surface area contributed by atoms with E-state index < -0.39 is 5.83 Å². The molecule has 0 radical (unpaired) electrons. The summed E-state index contributed by atoms with van der Waals surface area (Å²) in [5.74, 6) is -0.438. The molecule has 0 atom stereocenters. The highest BCUT2D eigenvalue weighted by atomic mass is 79.9. The minimum Gasteiger partial charge on any atom is -0.392 e. The van der Waals surface area contributed by atoms with Crippen molar-refractivity contribution in [2.75, 3.05) is 7.05 Å². The molecule has 0 bridgehead atoms. The minimum atomic E-state index is -0.438. The molecule has 0 unspecified atom stereocenters. The molecule has 0 saturated carbocycles. The van der Waals surface area contributed by atoms with Gasteiger partial charge in [0.1, 0.15) is 5.83 Å². The van der Waals surface area contributed by atoms with Gasteiger partial charge in [-0.2, -0.15) is 0 Å². The van der Waals surface area contributed by atoms with Crippen molar-refractivity contribution in [2.45, 2.75) is 0 Å². The largest absolute Gasteiger partial charge is 0.392 e. The number of thiophene rings is 1. The van der Waals surface area contributed by atoms with E-state index in [1.807, 2.05) is 0 Å². The Balaban J connectivity index is 3.12. The smallest absolute Gasteiger partial charge is 0.160 e. The van der Waals surface area contributed by atoms with Crippen LogP contribution in [0.2, 0.25) is 0 Å². The molecule has 0 fully saturated rings. The summed E-state index contributed by atoms with van der Waals surface area (Å²) >= 11 is 4.40. The van der Waals surface area contributed by atoms with Gasteiger partial charge in [-0.25, -0.2) is 4.39 Å². The molecule has 0 aliphatic rings. The summed E-state index contributed by atoms with van der Waals surface area (Å²) in [7, 11) is 1.60. The summed E-state index contributed by atoms with van der Waals surface area (Å²) in [6, 6.07) is 1.58. The predicted molar refractivity (Wildman–Crippen MR) is 55.6 cm³/mol. The van der Waals surface area contributed by atoms with Crippen molar-refractivity contribution in [3.63, 3.8) is 0 Å². The molecule has 0 amide bonds. The molecule has 1 aromatic heterocycles. The number of hydrogen-bond donors (Lipinski definition) is 1. The normalized spacial score (nSPS) is 11.5. The fourth-order valence-electron chi connectivity index (χ4n) is 0.853. The van der Waals surface area contributed by atoms with Gasteiger partial charge in [-0.15, -0.1) is 11.3 Å². The Kier molecular flexibility index (Phi) is 3.62. The second kappa shape index (κ2) is 4.53. The van der Waals surface area contributed by atoms with Crippen LogP contribution in [0.3, 0.4) is 0 Å². The fourth-order valence-corrected chi connectivity index (χ4v) is 2.31. The lowest BCUT2D eigenvalue weighted by atomic mass is 10.2. The van der Waals surface area contributed by atoms with Crippen LogP contribution in [0.5, 0.6) is 0 Å². The zero-order valence-corrected chi connectivity index (χ0v) is 9.21. The van der Waals surface area contributed by atoms with Crippen LogP contribution in [0.1, 0.15) is 15.2 Å². The summed E-state index contributed by atoms with van der Waals surface area (Å²) in [6.07, 6.45) is 1.86. The summed E-state index contributed by atoms with van der Waals surface area (Å²) in [5.41, 5.74) is 0.321. The van der Waals surface area contributed by atoms with Crippen molar-refractivity contribution in [1.82, 2.24) is 5.32 Å². The van der Waals surface area contributed by atoms with Crippen molar-refractivity contribution >= 4 is 39.4 Å². The number of carbonyl (C=O) groups excluding carboxylic acids is 1. The molecule has 1 heterocycles. The molecule has 0 spiro atoms. The Hall–Kier alpha value is -0.680. The first-order valence-electron chi connectivity index (χ1n) is 3.47. The standard InChI is InChI=1S/C8H7BrFNOS/c1-11-3-6(10)5-2-8(9)13-7(5)4-12/h2-4,11H,1H3/b6-3+. The SMILES string of the molecule is CN/C=C(/F)c1cc(Br)sc1C=O. The Morgan fingerprint density at radius 1 is 1.77 bits per heavy atom. The Morgan fingerprint density at radius 2 is 2.46 bits per heavy atom. The van der Waals surface area contributed by atoms with Gasteiger partial charge in [0, 0.05) is 18.8 Å². The van der Waals surface area contributed by atoms with Crippen LogP contribution in [-0.4, -0.2) is 13.3 Å². The molecular formula is C8H7BrFNOS. The molecule has 2 nitrogen and oxygen atoms in total. The first kappa shape index (κ1) is 10.4. The maximum Gasteiger partial charge on any atom is 0.160 e. The fraction of sp³-hybridized carbons (Fsp3) is 0.125. The number of rotatable bonds is 3. The molecular weight excluding hydrogens is 257 g/mol. The van der Waals surface area contributed by atoms with Gasteiger partial charge in [-0.3, -0.25) is 4.79 Å². The van der Waals surface area contributed by atoms with E-state index in [-0.39, 0.29) is 0 Å². The van der Waals surface area contributed by atoms with Crippen LogP contribution >= 0.6 is 27.3 Å². The van der Waals surface area contributed by atoms with Crippen molar-refractivity contribution in [3.8, 4) is 0 Å². The average molecular weight is 264 g/mol. The molecule has 0 aliphatic carbocycles. The zero-order valence-electron chi connectivity index (χ0n) is 6.80. The quantitative estimate of drug-likeness (QED) is 0.850. The summed E-state index contributed by atoms with van der Waals surface area (Å²) in [6.45, 7) is 0. The van der Waals surface area contributed by atoms with Crippen LogP contribution in [0.15, 0.2) is 16.1 Å². The van der Waals surface area contributed by atoms with Gasteiger partial charge >= 0.3 is 0 Å². The van der Waals surface area contributed by atoms with Gasteiger partial charge in [-0.1, -0.05) is 0 Å². The van der Waals surface area contributed by atoms with Gasteiger partial charge in [0.25, 0.3) is 0 Å². The van der Waals surface area contributed by atoms with E-state index in [0.29, 0.717) is 16.7 Å². The van der Waals surface area contributed by atoms with E-state index in [1.165, 1.54) is 17.5 Å². The van der Waals surface area contributed by atoms with Crippen LogP contribution in [0.25, 0.3) is 5.83 Å². The summed E-state index contributed by atoms with van der Waals surface area (Å²) in [5, 5.41) is 2.56. The van der Waals surface area contributed by atoms with Gasteiger partial charge in [0.15, 0.2) is 6.29 Å². The first-order valence-corrected chi connectivity index (χ1v) is 5.07. The summed E-state index contributed by atoms with van der Waals surface area (Å²) in [4.78, 5) is 10.9. The number of halogens is 2. The monoisotopic (exact) mass is 263 g/mol. The van der Waals surface area contributed by atoms with Crippen LogP contribution < -0.4 is 5.32 Å². The highest BCUT2D eigenvalue weighted by Crippen LogP contribution is 2.30. The lowest BCUT2D eigenvalue weighted by molar-refractivity contribution is 0.112. The number of carbonyl (C=O) groups is 1. The van der Waals surface area contributed by atoms with E-state index in [2.05, 4.69) is 21.2 Å². The molecule has 1 N–H and O–H groups in total. The third-order valence-electron chi connectivity index (χ3n) is 1.37. The van der Waals surface area contributed by atoms with Crippen LogP contribution in [0.4, 0.5) is 4.39 Å². The molecule has 0 aliphatic heterocycles. The minimum absolute atomic E-state index is 0.321. The van der Waals surface area contributed by atoms with Gasteiger partial charge in [0.05, 0.1) is 8.66 Å². The van der Waals surface area contributed by atoms with E-state index in [1.54, 1.807) is 13.1 Å². The lowest BCUT2D eigenvalue weighted by Gasteiger charge is -1.93. The zero-order chi connectivity index (χ0) is 9.84. The molecule has 13 heavy (non-hydrogen) atoms. The predicted octanol–water partition coefficient (Wildman–Crippen LogP) is 2.81. The average Bonchev–Trinajstić information content (AvgIpc) is 2.47. The third kappa shape index (κ3) is 2.38. The first-order chi connectivity index (χ1) is 6.19. The van der Waals surface area contributed by atoms with Gasteiger partial charge in [0.2, 0.25) is 0 Å². The number of aldehydes is 1. The molecule has 0 saturated heterocycles. The Bertz CT molecular complexity index is 348. The van der Waals surface area contributed by atoms with Gasteiger partial charge in [-0.05, 0) is 22.0 Å². The lowest BCUT2D eigenvalue weighted by Crippen LogP contribution is -1.94. The van der Waals surface area contributed by atoms with Gasteiger partial charge < -0.3 is 5.32 Å². The van der Waals surface area contributed by atoms with E-state index in [9.17, 15) is 9.18 Å². The van der Waals surface area contributed by atoms with E-state index in [4.69, 9.17) is 0 Å². The summed E-state index contributed by atoms with van der Waals surface area (Å²) < 4.78 is 14.0. The molecule has 1 aromatic rings. The molecule has 5 heteroatoms. The molecule has 1 rings (SSSR count). The van der Waals surface area contributed by atoms with Crippen molar-refractivity contribution in [2.24, 2.45) is 0 Å². The molecule has 0 aromatic carbocycles. The van der Waals surface area contributed by atoms with Crippen molar-refractivity contribution in [1.29, 1.82) is 0 Å². The topological polar surface area (TPSA) is 29.1 Å². The maximum absolute atomic E-state index is 13.2. The number of nitrogens with one attached hydrogen (secondary N) is 1. The highest BCUT2D eigenvalue weighted by molar-refractivity contribution is 9.11. The Morgan fingerprint density at radius 3 is 3.00 bits per heavy atom. The van der Waals surface area contributed by atoms with Crippen molar-refractivity contribution in [3.05, 3.63) is 26.5 Å². The van der Waals surface area contributed by atoms with Crippen molar-refractivity contribution < 1.29 is 9.18 Å². The Labute approximate surface area is 87.6 Å². The van der Waals surface area contributed by atoms with Crippen LogP contribution in [-0.2, 0) is 0 Å². The number of hydrogen-bond acceptors (Lipinski definition) is 3. The molecule has 70 valence electrons. The van der Waals surface area contributed by atoms with E-state index >= 15 is 0 Å². The van der Waals surface area contributed by atoms with E-state index in [0.717, 1.165) is 3.79 Å². The third-order valence-corrected chi connectivity index (χ3v) is 2.93. The maximum atomic E-state index is 13.2. The second-order valence-corrected chi connectivity index (χ2v) is 4.69. The highest BCUT2D eigenvalue weighted by Gasteiger charge is 2.10. The van der Waals surface area contributed by atoms with Crippen LogP contribution in [0, 0.1) is 0 Å². The second-order valence-electron chi connectivity index (χ2n) is 2.23.